The summed E-state index contributed by atoms with van der Waals surface area (Å²) < 4.78 is 41.6. The van der Waals surface area contributed by atoms with Crippen LogP contribution in [-0.2, 0) is 12.6 Å². The first kappa shape index (κ1) is 21.8. The van der Waals surface area contributed by atoms with Crippen molar-refractivity contribution >= 4 is 34.4 Å². The Hall–Kier alpha value is -2.39. The van der Waals surface area contributed by atoms with E-state index in [4.69, 9.17) is 16.6 Å². The van der Waals surface area contributed by atoms with E-state index in [0.717, 1.165) is 31.6 Å². The van der Waals surface area contributed by atoms with E-state index in [1.807, 2.05) is 4.57 Å². The summed E-state index contributed by atoms with van der Waals surface area (Å²) >= 11 is 5.95. The minimum Gasteiger partial charge on any atom is -0.325 e. The average Bonchev–Trinajstić information content (AvgIpc) is 3.26. The van der Waals surface area contributed by atoms with Gasteiger partial charge in [0.1, 0.15) is 11.3 Å². The van der Waals surface area contributed by atoms with E-state index in [1.54, 1.807) is 6.20 Å². The number of halogens is 4. The minimum atomic E-state index is -4.50. The van der Waals surface area contributed by atoms with Crippen molar-refractivity contribution in [3.8, 4) is 0 Å². The molecule has 3 aromatic rings. The Morgan fingerprint density at radius 2 is 1.97 bits per heavy atom. The maximum atomic E-state index is 13.2. The molecule has 1 saturated heterocycles. The molecule has 6 nitrogen and oxygen atoms in total. The molecule has 1 unspecified atom stereocenters. The lowest BCUT2D eigenvalue weighted by atomic mass is 9.92. The van der Waals surface area contributed by atoms with Crippen molar-refractivity contribution in [3.63, 3.8) is 0 Å². The van der Waals surface area contributed by atoms with Crippen molar-refractivity contribution in [1.29, 1.82) is 0 Å². The fourth-order valence-corrected chi connectivity index (χ4v) is 3.97. The van der Waals surface area contributed by atoms with Gasteiger partial charge >= 0.3 is 6.18 Å². The van der Waals surface area contributed by atoms with E-state index >= 15 is 0 Å². The standard InChI is InChI=1S/C21H24ClF3N6/c1-20(2,3)9-17-27-11-16-18(30-17)31(15-4-5-26-10-15)19(29-16)28-14-7-12(21(23,24)25)6-13(22)8-14/h6-8,11,15,26H,4-5,9-10H2,1-3H3,(H,28,29). The molecule has 0 bridgehead atoms. The largest absolute Gasteiger partial charge is 0.416 e. The first-order valence-corrected chi connectivity index (χ1v) is 10.5. The van der Waals surface area contributed by atoms with Gasteiger partial charge in [0, 0.05) is 23.7 Å². The maximum Gasteiger partial charge on any atom is 0.416 e. The SMILES string of the molecule is CC(C)(C)Cc1ncc2nc(Nc3cc(Cl)cc(C(F)(F)F)c3)n(C3CCNC3)c2n1. The topological polar surface area (TPSA) is 67.7 Å². The summed E-state index contributed by atoms with van der Waals surface area (Å²) in [6, 6.07) is 3.45. The second-order valence-electron chi connectivity index (χ2n) is 9.04. The lowest BCUT2D eigenvalue weighted by Crippen LogP contribution is -2.17. The number of fused-ring (bicyclic) bond motifs is 1. The van der Waals surface area contributed by atoms with Gasteiger partial charge in [0.15, 0.2) is 5.65 Å². The van der Waals surface area contributed by atoms with Crippen molar-refractivity contribution < 1.29 is 13.2 Å². The van der Waals surface area contributed by atoms with Crippen LogP contribution >= 0.6 is 11.6 Å². The van der Waals surface area contributed by atoms with Crippen LogP contribution in [0.4, 0.5) is 24.8 Å². The lowest BCUT2D eigenvalue weighted by molar-refractivity contribution is -0.137. The van der Waals surface area contributed by atoms with Crippen LogP contribution in [0.25, 0.3) is 11.2 Å². The first-order chi connectivity index (χ1) is 14.5. The van der Waals surface area contributed by atoms with Crippen LogP contribution in [0.15, 0.2) is 24.4 Å². The second kappa shape index (κ2) is 7.94. The number of imidazole rings is 1. The molecule has 0 amide bonds. The summed E-state index contributed by atoms with van der Waals surface area (Å²) in [6.07, 6.45) is -1.26. The first-order valence-electron chi connectivity index (χ1n) is 10.1. The van der Waals surface area contributed by atoms with Gasteiger partial charge in [0.25, 0.3) is 0 Å². The molecule has 0 spiro atoms. The molecular weight excluding hydrogens is 429 g/mol. The number of aromatic nitrogens is 4. The van der Waals surface area contributed by atoms with Crippen molar-refractivity contribution in [3.05, 3.63) is 40.8 Å². The van der Waals surface area contributed by atoms with E-state index in [-0.39, 0.29) is 22.2 Å². The van der Waals surface area contributed by atoms with E-state index in [9.17, 15) is 13.2 Å². The molecule has 0 aliphatic carbocycles. The molecule has 1 fully saturated rings. The third-order valence-corrected chi connectivity index (χ3v) is 5.27. The molecule has 3 heterocycles. The van der Waals surface area contributed by atoms with Gasteiger partial charge in [0.2, 0.25) is 5.95 Å². The molecule has 0 saturated carbocycles. The number of benzene rings is 1. The van der Waals surface area contributed by atoms with E-state index < -0.39 is 11.7 Å². The summed E-state index contributed by atoms with van der Waals surface area (Å²) in [5, 5.41) is 6.34. The Morgan fingerprint density at radius 1 is 1.19 bits per heavy atom. The Balaban J connectivity index is 1.78. The summed E-state index contributed by atoms with van der Waals surface area (Å²) in [4.78, 5) is 13.8. The van der Waals surface area contributed by atoms with Gasteiger partial charge in [-0.1, -0.05) is 32.4 Å². The Kier molecular flexibility index (Phi) is 5.59. The molecule has 4 rings (SSSR count). The zero-order valence-electron chi connectivity index (χ0n) is 17.5. The molecule has 10 heteroatoms. The summed E-state index contributed by atoms with van der Waals surface area (Å²) in [5.41, 5.74) is 0.669. The monoisotopic (exact) mass is 452 g/mol. The molecule has 1 aliphatic heterocycles. The van der Waals surface area contributed by atoms with Gasteiger partial charge in [-0.05, 0) is 36.6 Å². The average molecular weight is 453 g/mol. The number of anilines is 2. The van der Waals surface area contributed by atoms with Crippen LogP contribution in [0.3, 0.4) is 0 Å². The highest BCUT2D eigenvalue weighted by Crippen LogP contribution is 2.35. The van der Waals surface area contributed by atoms with Crippen LogP contribution in [0, 0.1) is 5.41 Å². The van der Waals surface area contributed by atoms with Crippen molar-refractivity contribution in [2.24, 2.45) is 5.41 Å². The summed E-state index contributed by atoms with van der Waals surface area (Å²) in [7, 11) is 0. The number of alkyl halides is 3. The van der Waals surface area contributed by atoms with Crippen molar-refractivity contribution in [2.45, 2.75) is 45.8 Å². The number of hydrogen-bond acceptors (Lipinski definition) is 5. The zero-order chi connectivity index (χ0) is 22.4. The predicted octanol–water partition coefficient (Wildman–Crippen LogP) is 5.37. The Labute approximate surface area is 183 Å². The molecule has 31 heavy (non-hydrogen) atoms. The number of rotatable bonds is 4. The van der Waals surface area contributed by atoms with E-state index in [1.165, 1.54) is 6.07 Å². The van der Waals surface area contributed by atoms with Gasteiger partial charge in [-0.25, -0.2) is 15.0 Å². The lowest BCUT2D eigenvalue weighted by Gasteiger charge is -2.18. The smallest absolute Gasteiger partial charge is 0.325 e. The van der Waals surface area contributed by atoms with Gasteiger partial charge < -0.3 is 10.6 Å². The van der Waals surface area contributed by atoms with Crippen LogP contribution in [0.5, 0.6) is 0 Å². The van der Waals surface area contributed by atoms with Gasteiger partial charge in [-0.2, -0.15) is 13.2 Å². The number of nitrogens with zero attached hydrogens (tertiary/aromatic N) is 4. The van der Waals surface area contributed by atoms with Crippen LogP contribution < -0.4 is 10.6 Å². The normalized spacial score (nSPS) is 17.5. The van der Waals surface area contributed by atoms with Gasteiger partial charge in [0.05, 0.1) is 17.8 Å². The fourth-order valence-electron chi connectivity index (χ4n) is 3.73. The van der Waals surface area contributed by atoms with Crippen LogP contribution in [0.2, 0.25) is 5.02 Å². The quantitative estimate of drug-likeness (QED) is 0.557. The van der Waals surface area contributed by atoms with Crippen LogP contribution in [0.1, 0.15) is 44.6 Å². The summed E-state index contributed by atoms with van der Waals surface area (Å²) in [6.45, 7) is 7.91. The molecule has 166 valence electrons. The number of nitrogens with one attached hydrogen (secondary N) is 2. The van der Waals surface area contributed by atoms with Gasteiger partial charge in [-0.3, -0.25) is 4.57 Å². The van der Waals surface area contributed by atoms with Gasteiger partial charge in [-0.15, -0.1) is 0 Å². The molecule has 1 aromatic carbocycles. The minimum absolute atomic E-state index is 0.00484. The van der Waals surface area contributed by atoms with E-state index in [2.05, 4.69) is 41.4 Å². The van der Waals surface area contributed by atoms with Crippen molar-refractivity contribution in [2.75, 3.05) is 18.4 Å². The maximum absolute atomic E-state index is 13.2. The zero-order valence-corrected chi connectivity index (χ0v) is 18.3. The van der Waals surface area contributed by atoms with Crippen molar-refractivity contribution in [1.82, 2.24) is 24.8 Å². The summed E-state index contributed by atoms with van der Waals surface area (Å²) in [5.74, 6) is 1.13. The number of hydrogen-bond donors (Lipinski definition) is 2. The Morgan fingerprint density at radius 3 is 2.61 bits per heavy atom. The second-order valence-corrected chi connectivity index (χ2v) is 9.47. The molecule has 2 aromatic heterocycles. The van der Waals surface area contributed by atoms with E-state index in [0.29, 0.717) is 29.4 Å². The highest BCUT2D eigenvalue weighted by atomic mass is 35.5. The predicted molar refractivity (Wildman–Crippen MR) is 115 cm³/mol. The third-order valence-electron chi connectivity index (χ3n) is 5.05. The fraction of sp³-hybridized carbons (Fsp3) is 0.476. The molecule has 0 radical (unpaired) electrons. The molecular formula is C21H24ClF3N6. The Bertz CT molecular complexity index is 1100. The molecule has 1 aliphatic rings. The molecule has 1 atom stereocenters. The highest BCUT2D eigenvalue weighted by Gasteiger charge is 2.31. The molecule has 2 N–H and O–H groups in total. The third kappa shape index (κ3) is 4.93. The van der Waals surface area contributed by atoms with Crippen LogP contribution in [-0.4, -0.2) is 32.6 Å². The highest BCUT2D eigenvalue weighted by molar-refractivity contribution is 6.31.